The standard InChI is InChI=1S/C85H146O17P2/c1-5-9-13-17-21-25-29-33-36-38-39-41-44-47-50-54-58-62-66-70-83(88)96-76-81(102-85(90)72-68-64-60-56-52-48-42-35-31-27-23-19-15-11-7-3)78-100-104(93,94)98-74-79(86)73-97-103(91,92)99-77-80(101-84(89)71-67-63-59-55-51-45-32-28-24-20-16-12-8-4)75-95-82(87)69-65-61-57-53-49-46-43-40-37-34-30-26-22-18-14-10-6-2/h9-10,13-14,21-23,25-27,33-37,39,41-43,46,79-81,86H,5-8,11-12,15-20,24,28-32,38,40,44-45,47-78H2,1-4H3,(H,91,92)(H,93,94)/b13-9-,14-10-,25-21-,26-22-,27-23-,36-33-,37-34-,41-39-,42-35-,46-43-. The number of carbonyl (C=O) groups is 4. The van der Waals surface area contributed by atoms with Crippen LogP contribution in [0.1, 0.15) is 336 Å². The van der Waals surface area contributed by atoms with Crippen LogP contribution in [0.4, 0.5) is 0 Å². The summed E-state index contributed by atoms with van der Waals surface area (Å²) in [6.45, 7) is 4.60. The first-order valence-electron chi connectivity index (χ1n) is 40.8. The quantitative estimate of drug-likeness (QED) is 0.0169. The molecule has 17 nitrogen and oxygen atoms in total. The van der Waals surface area contributed by atoms with Crippen molar-refractivity contribution in [3.8, 4) is 0 Å². The Morgan fingerprint density at radius 2 is 0.500 bits per heavy atom. The summed E-state index contributed by atoms with van der Waals surface area (Å²) in [5.74, 6) is -2.22. The average molecular weight is 1500 g/mol. The minimum absolute atomic E-state index is 0.0738. The van der Waals surface area contributed by atoms with E-state index >= 15 is 0 Å². The molecule has 0 rings (SSSR count). The second kappa shape index (κ2) is 76.6. The Bertz CT molecular complexity index is 2440. The van der Waals surface area contributed by atoms with Gasteiger partial charge in [0.05, 0.1) is 26.4 Å². The van der Waals surface area contributed by atoms with Crippen LogP contribution in [-0.4, -0.2) is 96.7 Å². The van der Waals surface area contributed by atoms with Gasteiger partial charge in [0, 0.05) is 25.7 Å². The molecule has 0 aliphatic heterocycles. The second-order valence-corrected chi connectivity index (χ2v) is 29.9. The van der Waals surface area contributed by atoms with E-state index in [1.807, 2.05) is 0 Å². The molecule has 0 saturated carbocycles. The fourth-order valence-corrected chi connectivity index (χ4v) is 12.3. The Balaban J connectivity index is 5.38. The van der Waals surface area contributed by atoms with E-state index in [9.17, 15) is 43.2 Å². The number of carbonyl (C=O) groups excluding carboxylic acids is 4. The molecule has 0 aliphatic rings. The van der Waals surface area contributed by atoms with Crippen molar-refractivity contribution in [1.29, 1.82) is 0 Å². The molecular formula is C85H146O17P2. The predicted octanol–water partition coefficient (Wildman–Crippen LogP) is 23.9. The van der Waals surface area contributed by atoms with Gasteiger partial charge in [-0.2, -0.15) is 0 Å². The van der Waals surface area contributed by atoms with Crippen molar-refractivity contribution in [3.05, 3.63) is 122 Å². The molecule has 0 radical (unpaired) electrons. The van der Waals surface area contributed by atoms with E-state index in [0.29, 0.717) is 25.7 Å². The van der Waals surface area contributed by atoms with Gasteiger partial charge in [-0.15, -0.1) is 0 Å². The van der Waals surface area contributed by atoms with Gasteiger partial charge >= 0.3 is 39.5 Å². The molecule has 0 aromatic heterocycles. The molecule has 0 aliphatic carbocycles. The van der Waals surface area contributed by atoms with Gasteiger partial charge in [-0.25, -0.2) is 9.13 Å². The van der Waals surface area contributed by atoms with Crippen LogP contribution in [0.2, 0.25) is 0 Å². The van der Waals surface area contributed by atoms with E-state index in [0.717, 1.165) is 186 Å². The van der Waals surface area contributed by atoms with Crippen LogP contribution in [0.5, 0.6) is 0 Å². The highest BCUT2D eigenvalue weighted by Crippen LogP contribution is 2.45. The summed E-state index contributed by atoms with van der Waals surface area (Å²) in [6.07, 6.45) is 84.5. The Morgan fingerprint density at radius 1 is 0.279 bits per heavy atom. The Labute approximate surface area is 632 Å². The monoisotopic (exact) mass is 1500 g/mol. The van der Waals surface area contributed by atoms with E-state index in [4.69, 9.17) is 37.0 Å². The van der Waals surface area contributed by atoms with Crippen LogP contribution in [0.3, 0.4) is 0 Å². The highest BCUT2D eigenvalue weighted by atomic mass is 31.2. The number of rotatable bonds is 76. The third-order valence-electron chi connectivity index (χ3n) is 16.9. The number of allylic oxidation sites excluding steroid dienone is 20. The van der Waals surface area contributed by atoms with Crippen LogP contribution >= 0.6 is 15.6 Å². The molecule has 0 heterocycles. The second-order valence-electron chi connectivity index (χ2n) is 27.0. The van der Waals surface area contributed by atoms with Gasteiger partial charge in [-0.1, -0.05) is 297 Å². The van der Waals surface area contributed by atoms with Crippen molar-refractivity contribution in [2.75, 3.05) is 39.6 Å². The van der Waals surface area contributed by atoms with Crippen LogP contribution in [-0.2, 0) is 65.4 Å². The summed E-state index contributed by atoms with van der Waals surface area (Å²) in [7, 11) is -9.97. The lowest BCUT2D eigenvalue weighted by molar-refractivity contribution is -0.161. The number of hydrogen-bond donors (Lipinski definition) is 3. The van der Waals surface area contributed by atoms with Crippen LogP contribution in [0, 0.1) is 0 Å². The number of phosphoric ester groups is 2. The fourth-order valence-electron chi connectivity index (χ4n) is 10.8. The third-order valence-corrected chi connectivity index (χ3v) is 18.8. The van der Waals surface area contributed by atoms with E-state index < -0.39 is 97.5 Å². The lowest BCUT2D eigenvalue weighted by atomic mass is 10.0. The van der Waals surface area contributed by atoms with Gasteiger partial charge < -0.3 is 33.8 Å². The smallest absolute Gasteiger partial charge is 0.462 e. The molecule has 3 N–H and O–H groups in total. The molecule has 104 heavy (non-hydrogen) atoms. The van der Waals surface area contributed by atoms with Gasteiger partial charge in [0.15, 0.2) is 12.2 Å². The van der Waals surface area contributed by atoms with Crippen LogP contribution in [0.25, 0.3) is 0 Å². The number of esters is 4. The lowest BCUT2D eigenvalue weighted by Gasteiger charge is -2.21. The van der Waals surface area contributed by atoms with E-state index in [-0.39, 0.29) is 25.7 Å². The van der Waals surface area contributed by atoms with Crippen molar-refractivity contribution in [3.63, 3.8) is 0 Å². The normalized spacial score (nSPS) is 14.5. The van der Waals surface area contributed by atoms with Gasteiger partial charge in [0.1, 0.15) is 19.3 Å². The number of aliphatic hydroxyl groups is 1. The maximum absolute atomic E-state index is 13.1. The summed E-state index contributed by atoms with van der Waals surface area (Å²) < 4.78 is 68.6. The molecule has 0 spiro atoms. The molecule has 0 saturated heterocycles. The Hall–Kier alpha value is -4.54. The van der Waals surface area contributed by atoms with E-state index in [2.05, 4.69) is 149 Å². The summed E-state index contributed by atoms with van der Waals surface area (Å²) in [5.41, 5.74) is 0. The highest BCUT2D eigenvalue weighted by molar-refractivity contribution is 7.47. The number of hydrogen-bond acceptors (Lipinski definition) is 15. The minimum atomic E-state index is -4.99. The Kier molecular flexibility index (Phi) is 73.3. The number of unbranched alkanes of at least 4 members (excludes halogenated alkanes) is 30. The average Bonchev–Trinajstić information content (AvgIpc) is 0.911. The molecule has 19 heteroatoms. The van der Waals surface area contributed by atoms with E-state index in [1.54, 1.807) is 0 Å². The number of phosphoric acid groups is 2. The minimum Gasteiger partial charge on any atom is -0.462 e. The zero-order valence-electron chi connectivity index (χ0n) is 65.4. The topological polar surface area (TPSA) is 237 Å². The molecule has 598 valence electrons. The van der Waals surface area contributed by atoms with Gasteiger partial charge in [-0.3, -0.25) is 37.3 Å². The molecule has 0 aromatic rings. The third kappa shape index (κ3) is 75.7. The molecule has 5 atom stereocenters. The molecule has 5 unspecified atom stereocenters. The zero-order chi connectivity index (χ0) is 76.0. The predicted molar refractivity (Wildman–Crippen MR) is 427 cm³/mol. The molecule has 0 aromatic carbocycles. The first-order valence-corrected chi connectivity index (χ1v) is 43.8. The first kappa shape index (κ1) is 99.5. The summed E-state index contributed by atoms with van der Waals surface area (Å²) in [4.78, 5) is 73.1. The summed E-state index contributed by atoms with van der Waals surface area (Å²) >= 11 is 0. The first-order chi connectivity index (χ1) is 50.7. The molecule has 0 bridgehead atoms. The largest absolute Gasteiger partial charge is 0.472 e. The number of ether oxygens (including phenoxy) is 4. The number of aliphatic hydroxyl groups excluding tert-OH is 1. The van der Waals surface area contributed by atoms with Crippen molar-refractivity contribution >= 4 is 39.5 Å². The van der Waals surface area contributed by atoms with Crippen molar-refractivity contribution in [1.82, 2.24) is 0 Å². The Morgan fingerprint density at radius 3 is 0.788 bits per heavy atom. The van der Waals surface area contributed by atoms with Crippen LogP contribution in [0.15, 0.2) is 122 Å². The maximum atomic E-state index is 13.1. The van der Waals surface area contributed by atoms with Crippen molar-refractivity contribution in [2.45, 2.75) is 354 Å². The maximum Gasteiger partial charge on any atom is 0.472 e. The van der Waals surface area contributed by atoms with Gasteiger partial charge in [-0.05, 0) is 135 Å². The summed E-state index contributed by atoms with van der Waals surface area (Å²) in [5, 5.41) is 10.6. The van der Waals surface area contributed by atoms with Gasteiger partial charge in [0.2, 0.25) is 0 Å². The van der Waals surface area contributed by atoms with Gasteiger partial charge in [0.25, 0.3) is 0 Å². The fraction of sp³-hybridized carbons (Fsp3) is 0.718. The molecular weight excluding hydrogens is 1350 g/mol. The van der Waals surface area contributed by atoms with Crippen molar-refractivity contribution in [2.24, 2.45) is 0 Å². The summed E-state index contributed by atoms with van der Waals surface area (Å²) in [6, 6.07) is 0. The highest BCUT2D eigenvalue weighted by Gasteiger charge is 2.30. The molecule has 0 fully saturated rings. The molecule has 0 amide bonds. The zero-order valence-corrected chi connectivity index (χ0v) is 67.2. The SMILES string of the molecule is CC/C=C\C/C=C\C/C=C\C/C=C\CCCCCCCCC(=O)OCC(COP(=O)(O)OCC(O)COP(=O)(O)OCC(COC(=O)CCCCCC/C=C\C/C=C\C/C=C\C/C=C\CC)OC(=O)CCCCCCCCCCCCCCC)OC(=O)CCCCCCC/C=C\C/C=C\CCCCC. The van der Waals surface area contributed by atoms with E-state index in [1.165, 1.54) is 70.6 Å². The van der Waals surface area contributed by atoms with Crippen molar-refractivity contribution < 1.29 is 80.2 Å². The lowest BCUT2D eigenvalue weighted by Crippen LogP contribution is -2.30. The van der Waals surface area contributed by atoms with Crippen LogP contribution < -0.4 is 0 Å².